The first-order valence-corrected chi connectivity index (χ1v) is 15.1. The quantitative estimate of drug-likeness (QED) is 0.0770. The van der Waals surface area contributed by atoms with E-state index in [4.69, 9.17) is 29.2 Å². The van der Waals surface area contributed by atoms with Crippen LogP contribution in [0, 0.1) is 0 Å². The van der Waals surface area contributed by atoms with Crippen molar-refractivity contribution >= 4 is 35.6 Å². The van der Waals surface area contributed by atoms with Gasteiger partial charge in [0.2, 0.25) is 5.91 Å². The number of hydrogen-bond donors (Lipinski definition) is 5. The molecule has 2 aliphatic rings. The van der Waals surface area contributed by atoms with Gasteiger partial charge in [0, 0.05) is 31.1 Å². The maximum Gasteiger partial charge on any atom is 0.315 e. The summed E-state index contributed by atoms with van der Waals surface area (Å²) in [5.74, 6) is -1.60. The number of ether oxygens (including phenoxy) is 4. The molecule has 2 saturated heterocycles. The molecule has 13 nitrogen and oxygen atoms in total. The van der Waals surface area contributed by atoms with Gasteiger partial charge in [-0.25, -0.2) is 4.79 Å². The average molecular weight is 592 g/mol. The third-order valence-electron chi connectivity index (χ3n) is 6.48. The molecule has 3 amide bonds. The van der Waals surface area contributed by atoms with E-state index in [1.807, 2.05) is 0 Å². The largest absolute Gasteiger partial charge is 0.481 e. The maximum absolute atomic E-state index is 11.8. The van der Waals surface area contributed by atoms with Crippen molar-refractivity contribution in [3.8, 4) is 0 Å². The lowest BCUT2D eigenvalue weighted by Gasteiger charge is -2.17. The van der Waals surface area contributed by atoms with Crippen molar-refractivity contribution in [2.24, 2.45) is 0 Å². The van der Waals surface area contributed by atoms with Gasteiger partial charge in [-0.3, -0.25) is 14.4 Å². The first-order chi connectivity index (χ1) is 19.4. The monoisotopic (exact) mass is 591 g/mol. The molecule has 0 bridgehead atoms. The Hall–Kier alpha value is -2.13. The summed E-state index contributed by atoms with van der Waals surface area (Å²) < 4.78 is 22.4. The number of fused-ring (bicyclic) bond motifs is 1. The van der Waals surface area contributed by atoms with Crippen LogP contribution < -0.4 is 16.0 Å². The van der Waals surface area contributed by atoms with Gasteiger partial charge in [-0.15, -0.1) is 11.8 Å². The molecule has 0 aromatic rings. The predicted octanol–water partition coefficient (Wildman–Crippen LogP) is 1.73. The lowest BCUT2D eigenvalue weighted by Crippen LogP contribution is -2.40. The molecule has 0 aromatic carbocycles. The molecular formula is C26H45N3O10S. The summed E-state index contributed by atoms with van der Waals surface area (Å²) in [5, 5.41) is 26.2. The van der Waals surface area contributed by atoms with Crippen LogP contribution in [0.2, 0.25) is 0 Å². The van der Waals surface area contributed by atoms with E-state index in [0.717, 1.165) is 32.1 Å². The number of aliphatic carboxylic acids is 2. The van der Waals surface area contributed by atoms with E-state index in [1.54, 1.807) is 11.8 Å². The molecule has 0 spiro atoms. The van der Waals surface area contributed by atoms with Gasteiger partial charge in [0.15, 0.2) is 0 Å². The molecule has 0 aliphatic carbocycles. The van der Waals surface area contributed by atoms with E-state index in [-0.39, 0.29) is 47.5 Å². The number of carboxylic acids is 2. The summed E-state index contributed by atoms with van der Waals surface area (Å²) in [6.07, 6.45) is 6.09. The van der Waals surface area contributed by atoms with Crippen molar-refractivity contribution in [3.63, 3.8) is 0 Å². The highest BCUT2D eigenvalue weighted by atomic mass is 32.2. The molecule has 2 rings (SSSR count). The fourth-order valence-corrected chi connectivity index (χ4v) is 6.11. The van der Waals surface area contributed by atoms with Crippen molar-refractivity contribution in [1.82, 2.24) is 16.0 Å². The van der Waals surface area contributed by atoms with Crippen LogP contribution in [0.3, 0.4) is 0 Å². The minimum absolute atomic E-state index is 0.0202. The number of carboxylic acid groups (broad SMARTS) is 2. The zero-order chi connectivity index (χ0) is 29.0. The SMILES string of the molecule is O=C(O)CCCCCCC(=O)NCCOCCOCCOCCO[C@@H]1S[C@@H](CCCCC(=O)O)[C@H]2NC(=O)N[C@H]21. The number of unbranched alkanes of at least 4 members (excludes halogenated alkanes) is 4. The third kappa shape index (κ3) is 15.0. The lowest BCUT2D eigenvalue weighted by atomic mass is 10.0. The second-order valence-electron chi connectivity index (χ2n) is 9.72. The number of amides is 3. The average Bonchev–Trinajstić information content (AvgIpc) is 3.44. The number of thioether (sulfide) groups is 1. The molecule has 2 aliphatic heterocycles. The van der Waals surface area contributed by atoms with Crippen LogP contribution in [0.25, 0.3) is 0 Å². The van der Waals surface area contributed by atoms with Crippen LogP contribution in [0.4, 0.5) is 4.79 Å². The van der Waals surface area contributed by atoms with Gasteiger partial charge in [-0.05, 0) is 25.7 Å². The molecule has 40 heavy (non-hydrogen) atoms. The van der Waals surface area contributed by atoms with E-state index < -0.39 is 11.9 Å². The minimum atomic E-state index is -0.790. The molecule has 14 heteroatoms. The highest BCUT2D eigenvalue weighted by Gasteiger charge is 2.49. The van der Waals surface area contributed by atoms with Gasteiger partial charge in [0.1, 0.15) is 5.44 Å². The Morgan fingerprint density at radius 2 is 1.27 bits per heavy atom. The molecule has 0 radical (unpaired) electrons. The van der Waals surface area contributed by atoms with E-state index in [2.05, 4.69) is 16.0 Å². The Labute approximate surface area is 239 Å². The van der Waals surface area contributed by atoms with E-state index in [0.29, 0.717) is 72.1 Å². The highest BCUT2D eigenvalue weighted by Crippen LogP contribution is 2.39. The highest BCUT2D eigenvalue weighted by molar-refractivity contribution is 8.00. The Morgan fingerprint density at radius 3 is 1.93 bits per heavy atom. The molecule has 0 saturated carbocycles. The molecule has 0 aromatic heterocycles. The molecular weight excluding hydrogens is 546 g/mol. The predicted molar refractivity (Wildman–Crippen MR) is 147 cm³/mol. The van der Waals surface area contributed by atoms with Gasteiger partial charge in [-0.1, -0.05) is 19.3 Å². The number of urea groups is 1. The molecule has 2 fully saturated rings. The standard InChI is InChI=1S/C26H45N3O10S/c30-20(8-3-1-2-4-9-21(31)32)27-11-12-36-13-14-37-15-16-38-17-18-39-25-24-23(28-26(35)29-24)19(40-25)7-5-6-10-22(33)34/h19,23-25H,1-18H2,(H,27,30)(H,31,32)(H,33,34)(H2,28,29,35)/t19-,23+,24+,25+/m0/s1. The minimum Gasteiger partial charge on any atom is -0.481 e. The van der Waals surface area contributed by atoms with Crippen molar-refractivity contribution in [3.05, 3.63) is 0 Å². The molecule has 230 valence electrons. The topological polar surface area (TPSA) is 182 Å². The second-order valence-corrected chi connectivity index (χ2v) is 11.1. The van der Waals surface area contributed by atoms with Gasteiger partial charge < -0.3 is 45.1 Å². The molecule has 4 atom stereocenters. The zero-order valence-electron chi connectivity index (χ0n) is 23.1. The van der Waals surface area contributed by atoms with Crippen molar-refractivity contribution in [2.75, 3.05) is 52.8 Å². The number of carbonyl (C=O) groups excluding carboxylic acids is 2. The van der Waals surface area contributed by atoms with Gasteiger partial charge in [0.25, 0.3) is 0 Å². The Morgan fingerprint density at radius 1 is 0.725 bits per heavy atom. The summed E-state index contributed by atoms with van der Waals surface area (Å²) in [6.45, 7) is 3.32. The van der Waals surface area contributed by atoms with E-state index in [9.17, 15) is 19.2 Å². The van der Waals surface area contributed by atoms with Crippen LogP contribution in [-0.4, -0.2) is 110 Å². The van der Waals surface area contributed by atoms with Gasteiger partial charge in [-0.2, -0.15) is 0 Å². The van der Waals surface area contributed by atoms with Gasteiger partial charge >= 0.3 is 18.0 Å². The summed E-state index contributed by atoms with van der Waals surface area (Å²) in [4.78, 5) is 44.7. The maximum atomic E-state index is 11.8. The summed E-state index contributed by atoms with van der Waals surface area (Å²) in [5.41, 5.74) is -0.175. The van der Waals surface area contributed by atoms with Crippen molar-refractivity contribution in [2.45, 2.75) is 87.0 Å². The van der Waals surface area contributed by atoms with Crippen LogP contribution in [-0.2, 0) is 33.3 Å². The van der Waals surface area contributed by atoms with E-state index in [1.165, 1.54) is 0 Å². The van der Waals surface area contributed by atoms with Crippen molar-refractivity contribution in [1.29, 1.82) is 0 Å². The Bertz CT molecular complexity index is 775. The van der Waals surface area contributed by atoms with Crippen LogP contribution in [0.1, 0.15) is 64.2 Å². The fourth-order valence-electron chi connectivity index (χ4n) is 4.47. The normalized spacial score (nSPS) is 21.6. The van der Waals surface area contributed by atoms with Gasteiger partial charge in [0.05, 0.1) is 58.3 Å². The lowest BCUT2D eigenvalue weighted by molar-refractivity contribution is -0.138. The van der Waals surface area contributed by atoms with Crippen molar-refractivity contribution < 1.29 is 48.3 Å². The summed E-state index contributed by atoms with van der Waals surface area (Å²) in [6, 6.07) is -0.325. The number of rotatable bonds is 25. The first kappa shape index (κ1) is 34.1. The number of carbonyl (C=O) groups is 4. The summed E-state index contributed by atoms with van der Waals surface area (Å²) >= 11 is 1.67. The molecule has 0 unspecified atom stereocenters. The fraction of sp³-hybridized carbons (Fsp3) is 0.846. The Balaban J connectivity index is 1.37. The smallest absolute Gasteiger partial charge is 0.315 e. The van der Waals surface area contributed by atoms with Crippen LogP contribution in [0.5, 0.6) is 0 Å². The second kappa shape index (κ2) is 20.7. The summed E-state index contributed by atoms with van der Waals surface area (Å²) in [7, 11) is 0. The third-order valence-corrected chi connectivity index (χ3v) is 8.06. The first-order valence-electron chi connectivity index (χ1n) is 14.1. The van der Waals surface area contributed by atoms with E-state index >= 15 is 0 Å². The molecule has 2 heterocycles. The van der Waals surface area contributed by atoms with Crippen LogP contribution in [0.15, 0.2) is 0 Å². The number of nitrogens with one attached hydrogen (secondary N) is 3. The Kier molecular flexibility index (Phi) is 17.6. The molecule has 5 N–H and O–H groups in total. The van der Waals surface area contributed by atoms with Crippen LogP contribution >= 0.6 is 11.8 Å². The zero-order valence-corrected chi connectivity index (χ0v) is 23.9. The number of hydrogen-bond acceptors (Lipinski definition) is 9.